The van der Waals surface area contributed by atoms with Crippen LogP contribution in [0.15, 0.2) is 48.8 Å². The molecule has 1 N–H and O–H groups in total. The number of rotatable bonds is 8. The largest absolute Gasteiger partial charge is 0.493 e. The van der Waals surface area contributed by atoms with Gasteiger partial charge in [0.05, 0.1) is 6.61 Å². The van der Waals surface area contributed by atoms with Crippen LogP contribution in [0.2, 0.25) is 0 Å². The van der Waals surface area contributed by atoms with Crippen LogP contribution in [0.4, 0.5) is 0 Å². The standard InChI is InChI=1S/C17H22N2O/c1-2-9-18-14-16-5-3-7-17(12-16)20-11-8-15-6-4-10-19-13-15/h3-7,10,12-13,18H,2,8-9,11,14H2,1H3. The summed E-state index contributed by atoms with van der Waals surface area (Å²) in [6.45, 7) is 4.79. The van der Waals surface area contributed by atoms with Crippen molar-refractivity contribution in [2.24, 2.45) is 0 Å². The number of aromatic nitrogens is 1. The second kappa shape index (κ2) is 8.33. The molecular weight excluding hydrogens is 248 g/mol. The number of nitrogens with zero attached hydrogens (tertiary/aromatic N) is 1. The zero-order valence-electron chi connectivity index (χ0n) is 12.0. The van der Waals surface area contributed by atoms with Gasteiger partial charge in [-0.3, -0.25) is 4.98 Å². The van der Waals surface area contributed by atoms with Gasteiger partial charge in [-0.2, -0.15) is 0 Å². The minimum absolute atomic E-state index is 0.678. The van der Waals surface area contributed by atoms with Crippen molar-refractivity contribution >= 4 is 0 Å². The fourth-order valence-corrected chi connectivity index (χ4v) is 1.99. The molecule has 0 amide bonds. The van der Waals surface area contributed by atoms with E-state index in [4.69, 9.17) is 4.74 Å². The van der Waals surface area contributed by atoms with Gasteiger partial charge in [0.1, 0.15) is 5.75 Å². The molecule has 1 heterocycles. The summed E-state index contributed by atoms with van der Waals surface area (Å²) >= 11 is 0. The number of hydrogen-bond donors (Lipinski definition) is 1. The summed E-state index contributed by atoms with van der Waals surface area (Å²) in [5, 5.41) is 3.40. The number of nitrogens with one attached hydrogen (secondary N) is 1. The van der Waals surface area contributed by atoms with E-state index >= 15 is 0 Å². The molecule has 1 aromatic heterocycles. The van der Waals surface area contributed by atoms with Crippen molar-refractivity contribution in [2.45, 2.75) is 26.3 Å². The predicted molar refractivity (Wildman–Crippen MR) is 81.9 cm³/mol. The smallest absolute Gasteiger partial charge is 0.119 e. The summed E-state index contributed by atoms with van der Waals surface area (Å²) < 4.78 is 5.80. The Hall–Kier alpha value is -1.87. The van der Waals surface area contributed by atoms with E-state index in [2.05, 4.69) is 35.4 Å². The predicted octanol–water partition coefficient (Wildman–Crippen LogP) is 3.20. The van der Waals surface area contributed by atoms with Crippen LogP contribution < -0.4 is 10.1 Å². The summed E-state index contributed by atoms with van der Waals surface area (Å²) in [5.74, 6) is 0.935. The minimum atomic E-state index is 0.678. The maximum Gasteiger partial charge on any atom is 0.119 e. The Kier molecular flexibility index (Phi) is 6.06. The van der Waals surface area contributed by atoms with Gasteiger partial charge in [-0.25, -0.2) is 0 Å². The first-order valence-electron chi connectivity index (χ1n) is 7.20. The first-order valence-corrected chi connectivity index (χ1v) is 7.20. The Balaban J connectivity index is 1.79. The van der Waals surface area contributed by atoms with Crippen LogP contribution in [-0.4, -0.2) is 18.1 Å². The fraction of sp³-hybridized carbons (Fsp3) is 0.353. The lowest BCUT2D eigenvalue weighted by atomic mass is 10.2. The quantitative estimate of drug-likeness (QED) is 0.748. The third-order valence-electron chi connectivity index (χ3n) is 3.04. The number of benzene rings is 1. The highest BCUT2D eigenvalue weighted by atomic mass is 16.5. The summed E-state index contributed by atoms with van der Waals surface area (Å²) in [5.41, 5.74) is 2.46. The second-order valence-electron chi connectivity index (χ2n) is 4.78. The number of ether oxygens (including phenoxy) is 1. The Morgan fingerprint density at radius 1 is 1.15 bits per heavy atom. The third-order valence-corrected chi connectivity index (χ3v) is 3.04. The van der Waals surface area contributed by atoms with E-state index in [0.717, 1.165) is 31.7 Å². The van der Waals surface area contributed by atoms with E-state index in [0.29, 0.717) is 6.61 Å². The van der Waals surface area contributed by atoms with Gasteiger partial charge in [0, 0.05) is 25.4 Å². The molecule has 0 saturated carbocycles. The molecule has 0 fully saturated rings. The van der Waals surface area contributed by atoms with E-state index in [1.807, 2.05) is 24.4 Å². The molecule has 2 rings (SSSR count). The molecule has 0 aliphatic rings. The van der Waals surface area contributed by atoms with Gasteiger partial charge in [0.25, 0.3) is 0 Å². The van der Waals surface area contributed by atoms with E-state index < -0.39 is 0 Å². The molecule has 2 aromatic rings. The van der Waals surface area contributed by atoms with Crippen LogP contribution in [0.1, 0.15) is 24.5 Å². The topological polar surface area (TPSA) is 34.1 Å². The van der Waals surface area contributed by atoms with Gasteiger partial charge >= 0.3 is 0 Å². The minimum Gasteiger partial charge on any atom is -0.493 e. The highest BCUT2D eigenvalue weighted by Crippen LogP contribution is 2.13. The van der Waals surface area contributed by atoms with Crippen LogP contribution in [-0.2, 0) is 13.0 Å². The molecule has 0 bridgehead atoms. The van der Waals surface area contributed by atoms with Crippen molar-refractivity contribution in [3.05, 3.63) is 59.9 Å². The lowest BCUT2D eigenvalue weighted by Gasteiger charge is -2.08. The Morgan fingerprint density at radius 3 is 2.85 bits per heavy atom. The van der Waals surface area contributed by atoms with Crippen molar-refractivity contribution in [2.75, 3.05) is 13.2 Å². The fourth-order valence-electron chi connectivity index (χ4n) is 1.99. The summed E-state index contributed by atoms with van der Waals surface area (Å²) in [6, 6.07) is 12.3. The molecule has 0 radical (unpaired) electrons. The Morgan fingerprint density at radius 2 is 2.05 bits per heavy atom. The molecule has 20 heavy (non-hydrogen) atoms. The van der Waals surface area contributed by atoms with Gasteiger partial charge in [-0.1, -0.05) is 25.1 Å². The monoisotopic (exact) mass is 270 g/mol. The Labute approximate surface area is 121 Å². The number of pyridine rings is 1. The van der Waals surface area contributed by atoms with Crippen LogP contribution in [0, 0.1) is 0 Å². The molecule has 0 aliphatic heterocycles. The zero-order valence-corrected chi connectivity index (χ0v) is 12.0. The molecule has 0 atom stereocenters. The van der Waals surface area contributed by atoms with Crippen molar-refractivity contribution in [3.8, 4) is 5.75 Å². The van der Waals surface area contributed by atoms with Crippen LogP contribution in [0.25, 0.3) is 0 Å². The highest BCUT2D eigenvalue weighted by molar-refractivity contribution is 5.28. The van der Waals surface area contributed by atoms with Gasteiger partial charge in [0.15, 0.2) is 0 Å². The molecule has 1 aromatic carbocycles. The maximum atomic E-state index is 5.80. The van der Waals surface area contributed by atoms with Gasteiger partial charge in [-0.15, -0.1) is 0 Å². The SMILES string of the molecule is CCCNCc1cccc(OCCc2cccnc2)c1. The van der Waals surface area contributed by atoms with Crippen molar-refractivity contribution in [3.63, 3.8) is 0 Å². The average Bonchev–Trinajstić information content (AvgIpc) is 2.49. The van der Waals surface area contributed by atoms with Gasteiger partial charge in [0.2, 0.25) is 0 Å². The van der Waals surface area contributed by atoms with E-state index in [1.54, 1.807) is 6.20 Å². The first-order chi connectivity index (χ1) is 9.88. The molecule has 0 spiro atoms. The van der Waals surface area contributed by atoms with Crippen molar-refractivity contribution < 1.29 is 4.74 Å². The zero-order chi connectivity index (χ0) is 14.0. The second-order valence-corrected chi connectivity index (χ2v) is 4.78. The average molecular weight is 270 g/mol. The van der Waals surface area contributed by atoms with Crippen molar-refractivity contribution in [1.29, 1.82) is 0 Å². The Bertz CT molecular complexity index is 499. The molecular formula is C17H22N2O. The van der Waals surface area contributed by atoms with E-state index in [9.17, 15) is 0 Å². The number of hydrogen-bond acceptors (Lipinski definition) is 3. The van der Waals surface area contributed by atoms with E-state index in [-0.39, 0.29) is 0 Å². The van der Waals surface area contributed by atoms with Crippen molar-refractivity contribution in [1.82, 2.24) is 10.3 Å². The van der Waals surface area contributed by atoms with Gasteiger partial charge < -0.3 is 10.1 Å². The third kappa shape index (κ3) is 5.02. The van der Waals surface area contributed by atoms with Crippen LogP contribution >= 0.6 is 0 Å². The molecule has 106 valence electrons. The molecule has 0 saturated heterocycles. The molecule has 0 aliphatic carbocycles. The van der Waals surface area contributed by atoms with Gasteiger partial charge in [-0.05, 0) is 42.3 Å². The van der Waals surface area contributed by atoms with E-state index in [1.165, 1.54) is 11.1 Å². The summed E-state index contributed by atoms with van der Waals surface area (Å²) in [4.78, 5) is 4.10. The summed E-state index contributed by atoms with van der Waals surface area (Å²) in [7, 11) is 0. The lowest BCUT2D eigenvalue weighted by Crippen LogP contribution is -2.13. The first kappa shape index (κ1) is 14.5. The maximum absolute atomic E-state index is 5.80. The molecule has 3 nitrogen and oxygen atoms in total. The highest BCUT2D eigenvalue weighted by Gasteiger charge is 1.98. The summed E-state index contributed by atoms with van der Waals surface area (Å²) in [6.07, 6.45) is 5.71. The van der Waals surface area contributed by atoms with Crippen LogP contribution in [0.3, 0.4) is 0 Å². The van der Waals surface area contributed by atoms with Crippen LogP contribution in [0.5, 0.6) is 5.75 Å². The molecule has 0 unspecified atom stereocenters. The molecule has 3 heteroatoms. The normalized spacial score (nSPS) is 10.4. The lowest BCUT2D eigenvalue weighted by molar-refractivity contribution is 0.321.